The van der Waals surface area contributed by atoms with Gasteiger partial charge in [0, 0.05) is 17.2 Å². The van der Waals surface area contributed by atoms with Crippen molar-refractivity contribution < 1.29 is 9.90 Å². The SMILES string of the molecule is CCC1CCC(O)(CNC(=O)c2cc(Br)c[nH]2)CC1. The third kappa shape index (κ3) is 3.83. The second-order valence-corrected chi connectivity index (χ2v) is 6.41. The van der Waals surface area contributed by atoms with Crippen molar-refractivity contribution in [3.05, 3.63) is 22.4 Å². The number of hydrogen-bond acceptors (Lipinski definition) is 2. The summed E-state index contributed by atoms with van der Waals surface area (Å²) in [7, 11) is 0. The van der Waals surface area contributed by atoms with Crippen LogP contribution in [0.5, 0.6) is 0 Å². The summed E-state index contributed by atoms with van der Waals surface area (Å²) in [6, 6.07) is 1.73. The van der Waals surface area contributed by atoms with E-state index in [0.717, 1.165) is 36.1 Å². The van der Waals surface area contributed by atoms with E-state index < -0.39 is 5.60 Å². The fourth-order valence-electron chi connectivity index (χ4n) is 2.64. The number of hydrogen-bond donors (Lipinski definition) is 3. The Hall–Kier alpha value is -0.810. The Labute approximate surface area is 122 Å². The number of aliphatic hydroxyl groups is 1. The number of carbonyl (C=O) groups is 1. The van der Waals surface area contributed by atoms with E-state index in [0.29, 0.717) is 12.2 Å². The fourth-order valence-corrected chi connectivity index (χ4v) is 2.98. The third-order valence-electron chi connectivity index (χ3n) is 4.08. The van der Waals surface area contributed by atoms with Crippen molar-refractivity contribution in [1.29, 1.82) is 0 Å². The predicted octanol–water partition coefficient (Wildman–Crippen LogP) is 2.84. The molecule has 0 spiro atoms. The van der Waals surface area contributed by atoms with E-state index in [1.807, 2.05) is 0 Å². The molecule has 0 aliphatic heterocycles. The van der Waals surface area contributed by atoms with Crippen LogP contribution in [0.4, 0.5) is 0 Å². The van der Waals surface area contributed by atoms with Crippen LogP contribution in [-0.2, 0) is 0 Å². The molecule has 106 valence electrons. The van der Waals surface area contributed by atoms with Gasteiger partial charge in [-0.2, -0.15) is 0 Å². The van der Waals surface area contributed by atoms with E-state index in [2.05, 4.69) is 33.2 Å². The number of aromatic nitrogens is 1. The van der Waals surface area contributed by atoms with Crippen LogP contribution in [0.25, 0.3) is 0 Å². The number of nitrogens with one attached hydrogen (secondary N) is 2. The zero-order chi connectivity index (χ0) is 13.9. The van der Waals surface area contributed by atoms with E-state index in [4.69, 9.17) is 0 Å². The van der Waals surface area contributed by atoms with Gasteiger partial charge in [0.05, 0.1) is 5.60 Å². The zero-order valence-corrected chi connectivity index (χ0v) is 12.8. The second kappa shape index (κ2) is 6.09. The van der Waals surface area contributed by atoms with Crippen LogP contribution in [0.3, 0.4) is 0 Å². The van der Waals surface area contributed by atoms with Crippen LogP contribution < -0.4 is 5.32 Å². The summed E-state index contributed by atoms with van der Waals surface area (Å²) in [5, 5.41) is 13.3. The van der Waals surface area contributed by atoms with Crippen LogP contribution in [0.2, 0.25) is 0 Å². The first kappa shape index (κ1) is 14.6. The Morgan fingerprint density at radius 3 is 2.79 bits per heavy atom. The molecule has 1 aromatic heterocycles. The van der Waals surface area contributed by atoms with Crippen molar-refractivity contribution in [3.8, 4) is 0 Å². The van der Waals surface area contributed by atoms with Crippen molar-refractivity contribution in [3.63, 3.8) is 0 Å². The first-order chi connectivity index (χ1) is 9.02. The molecular weight excluding hydrogens is 308 g/mol. The summed E-state index contributed by atoms with van der Waals surface area (Å²) in [4.78, 5) is 14.8. The molecule has 0 bridgehead atoms. The number of carbonyl (C=O) groups excluding carboxylic acids is 1. The lowest BCUT2D eigenvalue weighted by atomic mass is 9.78. The molecule has 0 atom stereocenters. The molecule has 1 aliphatic carbocycles. The minimum absolute atomic E-state index is 0.170. The first-order valence-electron chi connectivity index (χ1n) is 6.87. The Bertz CT molecular complexity index is 436. The molecule has 1 amide bonds. The minimum atomic E-state index is -0.731. The fraction of sp³-hybridized carbons (Fsp3) is 0.643. The van der Waals surface area contributed by atoms with Gasteiger partial charge in [-0.05, 0) is 53.6 Å². The van der Waals surface area contributed by atoms with Crippen molar-refractivity contribution in [2.24, 2.45) is 5.92 Å². The van der Waals surface area contributed by atoms with Crippen LogP contribution in [-0.4, -0.2) is 28.1 Å². The van der Waals surface area contributed by atoms with Gasteiger partial charge in [0.2, 0.25) is 0 Å². The molecule has 1 aromatic rings. The molecule has 1 fully saturated rings. The van der Waals surface area contributed by atoms with Gasteiger partial charge in [-0.15, -0.1) is 0 Å². The highest BCUT2D eigenvalue weighted by Gasteiger charge is 2.32. The summed E-state index contributed by atoms with van der Waals surface area (Å²) >= 11 is 3.29. The smallest absolute Gasteiger partial charge is 0.267 e. The second-order valence-electron chi connectivity index (χ2n) is 5.49. The summed E-state index contributed by atoms with van der Waals surface area (Å²) < 4.78 is 0.847. The lowest BCUT2D eigenvalue weighted by molar-refractivity contribution is -0.00789. The van der Waals surface area contributed by atoms with Crippen LogP contribution >= 0.6 is 15.9 Å². The van der Waals surface area contributed by atoms with Crippen LogP contribution in [0.1, 0.15) is 49.5 Å². The average molecular weight is 329 g/mol. The number of H-pyrrole nitrogens is 1. The molecule has 3 N–H and O–H groups in total. The molecular formula is C14H21BrN2O2. The third-order valence-corrected chi connectivity index (χ3v) is 4.54. The molecule has 1 saturated carbocycles. The number of rotatable bonds is 4. The van der Waals surface area contributed by atoms with Crippen molar-refractivity contribution >= 4 is 21.8 Å². The maximum atomic E-state index is 11.9. The van der Waals surface area contributed by atoms with Crippen molar-refractivity contribution in [2.45, 2.75) is 44.6 Å². The normalized spacial score (nSPS) is 27.2. The standard InChI is InChI=1S/C14H21BrN2O2/c1-2-10-3-5-14(19,6-4-10)9-17-13(18)12-7-11(15)8-16-12/h7-8,10,16,19H,2-6,9H2,1H3,(H,17,18). The Balaban J connectivity index is 1.83. The Kier molecular flexibility index (Phi) is 4.68. The first-order valence-corrected chi connectivity index (χ1v) is 7.66. The minimum Gasteiger partial charge on any atom is -0.388 e. The van der Waals surface area contributed by atoms with Gasteiger partial charge in [0.15, 0.2) is 0 Å². The Morgan fingerprint density at radius 1 is 1.58 bits per heavy atom. The lowest BCUT2D eigenvalue weighted by Gasteiger charge is -2.35. The largest absolute Gasteiger partial charge is 0.388 e. The highest BCUT2D eigenvalue weighted by molar-refractivity contribution is 9.10. The van der Waals surface area contributed by atoms with E-state index in [9.17, 15) is 9.90 Å². The van der Waals surface area contributed by atoms with E-state index in [1.165, 1.54) is 6.42 Å². The summed E-state index contributed by atoms with van der Waals surface area (Å²) in [6.45, 7) is 2.53. The molecule has 2 rings (SSSR count). The number of aromatic amines is 1. The van der Waals surface area contributed by atoms with E-state index in [1.54, 1.807) is 12.3 Å². The van der Waals surface area contributed by atoms with Crippen molar-refractivity contribution in [2.75, 3.05) is 6.54 Å². The van der Waals surface area contributed by atoms with Gasteiger partial charge in [-0.1, -0.05) is 13.3 Å². The lowest BCUT2D eigenvalue weighted by Crippen LogP contribution is -2.45. The summed E-state index contributed by atoms with van der Waals surface area (Å²) in [5.41, 5.74) is -0.219. The maximum Gasteiger partial charge on any atom is 0.267 e. The number of halogens is 1. The molecule has 0 unspecified atom stereocenters. The number of amides is 1. The van der Waals surface area contributed by atoms with Gasteiger partial charge in [0.25, 0.3) is 5.91 Å². The topological polar surface area (TPSA) is 65.1 Å². The van der Waals surface area contributed by atoms with Crippen LogP contribution in [0.15, 0.2) is 16.7 Å². The molecule has 1 heterocycles. The van der Waals surface area contributed by atoms with Gasteiger partial charge in [-0.25, -0.2) is 0 Å². The van der Waals surface area contributed by atoms with Gasteiger partial charge in [-0.3, -0.25) is 4.79 Å². The van der Waals surface area contributed by atoms with Gasteiger partial charge in [0.1, 0.15) is 5.69 Å². The molecule has 0 saturated heterocycles. The highest BCUT2D eigenvalue weighted by atomic mass is 79.9. The van der Waals surface area contributed by atoms with E-state index >= 15 is 0 Å². The quantitative estimate of drug-likeness (QED) is 0.795. The summed E-state index contributed by atoms with van der Waals surface area (Å²) in [6.07, 6.45) is 6.56. The predicted molar refractivity (Wildman–Crippen MR) is 78.0 cm³/mol. The maximum absolute atomic E-state index is 11.9. The molecule has 19 heavy (non-hydrogen) atoms. The summed E-state index contributed by atoms with van der Waals surface area (Å²) in [5.74, 6) is 0.562. The van der Waals surface area contributed by atoms with Crippen molar-refractivity contribution in [1.82, 2.24) is 10.3 Å². The molecule has 0 radical (unpaired) electrons. The van der Waals surface area contributed by atoms with Crippen LogP contribution in [0, 0.1) is 5.92 Å². The molecule has 0 aromatic carbocycles. The Morgan fingerprint density at radius 2 is 2.26 bits per heavy atom. The monoisotopic (exact) mass is 328 g/mol. The zero-order valence-electron chi connectivity index (χ0n) is 11.2. The van der Waals surface area contributed by atoms with Gasteiger partial charge < -0.3 is 15.4 Å². The highest BCUT2D eigenvalue weighted by Crippen LogP contribution is 2.33. The van der Waals surface area contributed by atoms with Gasteiger partial charge >= 0.3 is 0 Å². The molecule has 1 aliphatic rings. The molecule has 5 heteroatoms. The molecule has 4 nitrogen and oxygen atoms in total. The van der Waals surface area contributed by atoms with E-state index in [-0.39, 0.29) is 5.91 Å². The average Bonchev–Trinajstić information content (AvgIpc) is 2.84.